The molecule has 3 aliphatic heterocycles. The molecule has 2 saturated heterocycles. The van der Waals surface area contributed by atoms with E-state index in [0.29, 0.717) is 17.1 Å². The van der Waals surface area contributed by atoms with Gasteiger partial charge in [0.15, 0.2) is 23.0 Å². The fourth-order valence-corrected chi connectivity index (χ4v) is 9.29. The molecule has 0 spiro atoms. The van der Waals surface area contributed by atoms with Crippen molar-refractivity contribution in [1.82, 2.24) is 0 Å². The lowest BCUT2D eigenvalue weighted by atomic mass is 9.67. The van der Waals surface area contributed by atoms with Gasteiger partial charge < -0.3 is 54.0 Å². The molecule has 0 aromatic heterocycles. The minimum absolute atomic E-state index is 0.0517. The summed E-state index contributed by atoms with van der Waals surface area (Å²) in [5.74, 6) is -0.496. The Bertz CT molecular complexity index is 1300. The molecule has 9 atom stereocenters. The first-order valence-electron chi connectivity index (χ1n) is 12.9. The van der Waals surface area contributed by atoms with Crippen molar-refractivity contribution < 1.29 is 58.7 Å². The highest BCUT2D eigenvalue weighted by Crippen LogP contribution is 2.61. The molecule has 5 N–H and O–H groups in total. The quantitative estimate of drug-likeness (QED) is 0.224. The van der Waals surface area contributed by atoms with Gasteiger partial charge in [0.1, 0.15) is 29.9 Å². The van der Waals surface area contributed by atoms with Crippen LogP contribution in [0.3, 0.4) is 0 Å². The number of aliphatic hydroxyl groups excluding tert-OH is 4. The zero-order valence-corrected chi connectivity index (χ0v) is 23.7. The van der Waals surface area contributed by atoms with E-state index in [-0.39, 0.29) is 47.8 Å². The van der Waals surface area contributed by atoms with E-state index in [1.807, 2.05) is 12.1 Å². The van der Waals surface area contributed by atoms with E-state index in [9.17, 15) is 30.3 Å². The van der Waals surface area contributed by atoms with Crippen molar-refractivity contribution in [2.75, 3.05) is 34.2 Å². The Morgan fingerprint density at radius 2 is 1.56 bits per heavy atom. The number of cyclic esters (lactones) is 1. The molecule has 2 fully saturated rings. The number of aromatic hydroxyl groups is 1. The van der Waals surface area contributed by atoms with Gasteiger partial charge in [-0.3, -0.25) is 4.79 Å². The highest BCUT2D eigenvalue weighted by Gasteiger charge is 2.53. The molecular weight excluding hydrogens is 580 g/mol. The molecule has 0 bridgehead atoms. The second kappa shape index (κ2) is 11.2. The molecule has 41 heavy (non-hydrogen) atoms. The Labute approximate surface area is 242 Å². The van der Waals surface area contributed by atoms with E-state index in [1.165, 1.54) is 25.0 Å². The van der Waals surface area contributed by atoms with Crippen molar-refractivity contribution in [2.45, 2.75) is 41.0 Å². The Morgan fingerprint density at radius 3 is 2.20 bits per heavy atom. The van der Waals surface area contributed by atoms with Crippen molar-refractivity contribution in [3.63, 3.8) is 0 Å². The van der Waals surface area contributed by atoms with Crippen molar-refractivity contribution in [3.05, 3.63) is 41.0 Å². The van der Waals surface area contributed by atoms with Crippen LogP contribution in [-0.2, 0) is 14.3 Å². The lowest BCUT2D eigenvalue weighted by Gasteiger charge is -2.41. The first kappa shape index (κ1) is 28.5. The molecule has 3 heterocycles. The van der Waals surface area contributed by atoms with Crippen molar-refractivity contribution in [3.8, 4) is 28.7 Å². The lowest BCUT2D eigenvalue weighted by Crippen LogP contribution is -2.57. The number of fused-ring (bicyclic) bond motifs is 3. The molecule has 4 aliphatic rings. The summed E-state index contributed by atoms with van der Waals surface area (Å²) in [6.07, 6.45) is -5.41. The molecular formula is C27H30O12S2. The molecule has 222 valence electrons. The number of esters is 1. The first-order valence-corrected chi connectivity index (χ1v) is 15.2. The number of phenolic OH excluding ortho intramolecular Hbond substituents is 1. The Morgan fingerprint density at radius 1 is 0.902 bits per heavy atom. The van der Waals surface area contributed by atoms with Gasteiger partial charge in [0, 0.05) is 17.1 Å². The van der Waals surface area contributed by atoms with Crippen molar-refractivity contribution in [1.29, 1.82) is 0 Å². The fourth-order valence-electron chi connectivity index (χ4n) is 5.99. The molecule has 1 aliphatic carbocycles. The van der Waals surface area contributed by atoms with Gasteiger partial charge in [-0.1, -0.05) is 21.6 Å². The largest absolute Gasteiger partial charge is 0.502 e. The number of methoxy groups -OCH3 is 2. The maximum Gasteiger partial charge on any atom is 0.310 e. The van der Waals surface area contributed by atoms with E-state index in [1.54, 1.807) is 12.1 Å². The van der Waals surface area contributed by atoms with Crippen LogP contribution in [0.2, 0.25) is 0 Å². The molecule has 0 saturated carbocycles. The zero-order chi connectivity index (χ0) is 29.0. The maximum absolute atomic E-state index is 13.3. The van der Waals surface area contributed by atoms with Crippen molar-refractivity contribution in [2.24, 2.45) is 11.8 Å². The van der Waals surface area contributed by atoms with E-state index in [0.717, 1.165) is 21.9 Å². The van der Waals surface area contributed by atoms with Crippen LogP contribution in [0.5, 0.6) is 28.7 Å². The SMILES string of the molecule is COc1cc([C@@H]2c3cc4c(cc3[C@@H](SS[C@@H]3O[C@H](CO)[C@@H](O)[C@H](O)[C@H]3O)[C@H]3COC(=O)[C@H]23)OCO4)cc(OC)c1O. The van der Waals surface area contributed by atoms with E-state index in [4.69, 9.17) is 28.4 Å². The van der Waals surface area contributed by atoms with Crippen LogP contribution in [0.1, 0.15) is 27.9 Å². The van der Waals surface area contributed by atoms with Gasteiger partial charge in [-0.25, -0.2) is 0 Å². The van der Waals surface area contributed by atoms with Crippen molar-refractivity contribution >= 4 is 27.6 Å². The third-order valence-electron chi connectivity index (χ3n) is 8.08. The van der Waals surface area contributed by atoms with Crippen LogP contribution in [-0.4, -0.2) is 95.6 Å². The summed E-state index contributed by atoms with van der Waals surface area (Å²) in [6.45, 7) is -0.333. The minimum atomic E-state index is -1.50. The number of hydrogen-bond donors (Lipinski definition) is 5. The third kappa shape index (κ3) is 4.75. The van der Waals surface area contributed by atoms with E-state index < -0.39 is 48.3 Å². The highest BCUT2D eigenvalue weighted by atomic mass is 33.1. The summed E-state index contributed by atoms with van der Waals surface area (Å²) in [7, 11) is 5.35. The van der Waals surface area contributed by atoms with Gasteiger partial charge in [-0.05, 0) is 41.0 Å². The number of carbonyl (C=O) groups excluding carboxylic acids is 1. The number of carbonyl (C=O) groups is 1. The number of phenols is 1. The number of rotatable bonds is 7. The maximum atomic E-state index is 13.3. The highest BCUT2D eigenvalue weighted by molar-refractivity contribution is 8.77. The Kier molecular flexibility index (Phi) is 7.82. The zero-order valence-electron chi connectivity index (χ0n) is 22.0. The monoisotopic (exact) mass is 610 g/mol. The number of aliphatic hydroxyl groups is 4. The summed E-state index contributed by atoms with van der Waals surface area (Å²) >= 11 is 0. The van der Waals surface area contributed by atoms with Gasteiger partial charge in [-0.2, -0.15) is 0 Å². The molecule has 2 aromatic carbocycles. The molecule has 12 nitrogen and oxygen atoms in total. The predicted octanol–water partition coefficient (Wildman–Crippen LogP) is 1.30. The van der Waals surface area contributed by atoms with Crippen LogP contribution < -0.4 is 18.9 Å². The van der Waals surface area contributed by atoms with Gasteiger partial charge in [0.25, 0.3) is 0 Å². The molecule has 14 heteroatoms. The lowest BCUT2D eigenvalue weighted by molar-refractivity contribution is -0.205. The average Bonchev–Trinajstić information content (AvgIpc) is 3.60. The summed E-state index contributed by atoms with van der Waals surface area (Å²) in [4.78, 5) is 13.3. The van der Waals surface area contributed by atoms with E-state index in [2.05, 4.69) is 0 Å². The summed E-state index contributed by atoms with van der Waals surface area (Å²) in [6, 6.07) is 7.08. The molecule has 0 unspecified atom stereocenters. The number of hydrogen-bond acceptors (Lipinski definition) is 14. The second-order valence-corrected chi connectivity index (χ2v) is 12.7. The summed E-state index contributed by atoms with van der Waals surface area (Å²) in [5.41, 5.74) is 1.35. The topological polar surface area (TPSA) is 174 Å². The van der Waals surface area contributed by atoms with Crippen LogP contribution in [0.25, 0.3) is 0 Å². The van der Waals surface area contributed by atoms with Crippen LogP contribution >= 0.6 is 21.6 Å². The number of benzene rings is 2. The standard InChI is InChI=1S/C27H30O12S2/c1-34-16-3-10(4-17(35-2)21(16)29)19-11-5-14-15(38-9-37-14)6-12(11)25(13-8-36-26(33)20(13)19)40-41-27-24(32)23(31)22(30)18(7-28)39-27/h3-6,13,18-20,22-25,27-32H,7-9H2,1-2H3/t13-,18+,19+,20-,22+,23-,24+,25+,27-/m0/s1. The van der Waals surface area contributed by atoms with Gasteiger partial charge in [0.05, 0.1) is 33.4 Å². The first-order chi connectivity index (χ1) is 19.8. The third-order valence-corrected chi connectivity index (χ3v) is 11.1. The smallest absolute Gasteiger partial charge is 0.310 e. The Hall–Kier alpha value is -2.59. The normalized spacial score (nSPS) is 33.6. The van der Waals surface area contributed by atoms with Gasteiger partial charge >= 0.3 is 5.97 Å². The van der Waals surface area contributed by atoms with Gasteiger partial charge in [0.2, 0.25) is 12.5 Å². The molecule has 6 rings (SSSR count). The number of ether oxygens (including phenoxy) is 6. The van der Waals surface area contributed by atoms with Gasteiger partial charge in [-0.15, -0.1) is 0 Å². The van der Waals surface area contributed by atoms with Crippen LogP contribution in [0, 0.1) is 11.8 Å². The Balaban J connectivity index is 1.42. The minimum Gasteiger partial charge on any atom is -0.502 e. The molecule has 0 radical (unpaired) electrons. The summed E-state index contributed by atoms with van der Waals surface area (Å²) in [5, 5.41) is 50.8. The van der Waals surface area contributed by atoms with Crippen LogP contribution in [0.4, 0.5) is 0 Å². The molecule has 2 aromatic rings. The summed E-state index contributed by atoms with van der Waals surface area (Å²) < 4.78 is 33.5. The second-order valence-electron chi connectivity index (χ2n) is 10.2. The molecule has 0 amide bonds. The van der Waals surface area contributed by atoms with E-state index >= 15 is 0 Å². The fraction of sp³-hybridized carbons (Fsp3) is 0.519. The average molecular weight is 611 g/mol. The van der Waals surface area contributed by atoms with Crippen LogP contribution in [0.15, 0.2) is 24.3 Å². The predicted molar refractivity (Wildman–Crippen MR) is 145 cm³/mol.